The minimum absolute atomic E-state index is 0.120. The van der Waals surface area contributed by atoms with Crippen LogP contribution in [0.4, 0.5) is 17.6 Å². The highest BCUT2D eigenvalue weighted by molar-refractivity contribution is 6.28. The molecule has 0 radical (unpaired) electrons. The van der Waals surface area contributed by atoms with Gasteiger partial charge in [0.15, 0.2) is 0 Å². The highest BCUT2D eigenvalue weighted by Gasteiger charge is 2.10. The van der Waals surface area contributed by atoms with Crippen LogP contribution in [-0.4, -0.2) is 29.0 Å². The van der Waals surface area contributed by atoms with Gasteiger partial charge in [0.1, 0.15) is 0 Å². The quantitative estimate of drug-likeness (QED) is 0.924. The zero-order valence-electron chi connectivity index (χ0n) is 10.4. The van der Waals surface area contributed by atoms with Gasteiger partial charge in [-0.15, -0.1) is 0 Å². The van der Waals surface area contributed by atoms with Crippen molar-refractivity contribution >= 4 is 29.2 Å². The fraction of sp³-hybridized carbons (Fsp3) is 0.167. The summed E-state index contributed by atoms with van der Waals surface area (Å²) in [6, 6.07) is 9.16. The van der Waals surface area contributed by atoms with Gasteiger partial charge in [-0.25, -0.2) is 0 Å². The first kappa shape index (κ1) is 13.1. The molecule has 0 fully saturated rings. The summed E-state index contributed by atoms with van der Waals surface area (Å²) in [7, 11) is 3.52. The maximum atomic E-state index is 8.77. The fourth-order valence-electron chi connectivity index (χ4n) is 1.48. The predicted octanol–water partition coefficient (Wildman–Crippen LogP) is 2.21. The van der Waals surface area contributed by atoms with Crippen molar-refractivity contribution in [3.05, 3.63) is 35.1 Å². The number of anilines is 3. The minimum Gasteiger partial charge on any atom is -0.357 e. The van der Waals surface area contributed by atoms with Crippen molar-refractivity contribution in [1.29, 1.82) is 5.26 Å². The first-order valence-corrected chi connectivity index (χ1v) is 5.85. The van der Waals surface area contributed by atoms with Crippen LogP contribution in [-0.2, 0) is 0 Å². The molecule has 1 aromatic carbocycles. The minimum atomic E-state index is 0.120. The third kappa shape index (κ3) is 2.89. The fourth-order valence-corrected chi connectivity index (χ4v) is 1.63. The molecule has 7 heteroatoms. The van der Waals surface area contributed by atoms with Crippen molar-refractivity contribution in [2.24, 2.45) is 0 Å². The number of nitrogens with zero attached hydrogens (tertiary/aromatic N) is 5. The van der Waals surface area contributed by atoms with Gasteiger partial charge in [0.05, 0.1) is 11.6 Å². The van der Waals surface area contributed by atoms with Gasteiger partial charge in [0, 0.05) is 19.8 Å². The van der Waals surface area contributed by atoms with Gasteiger partial charge in [0.25, 0.3) is 0 Å². The monoisotopic (exact) mass is 274 g/mol. The molecule has 1 heterocycles. The highest BCUT2D eigenvalue weighted by Crippen LogP contribution is 2.22. The number of nitrogens with one attached hydrogen (secondary N) is 1. The highest BCUT2D eigenvalue weighted by atomic mass is 35.5. The van der Waals surface area contributed by atoms with E-state index in [0.29, 0.717) is 17.5 Å². The molecular formula is C12H11ClN6. The van der Waals surface area contributed by atoms with Crippen molar-refractivity contribution in [2.75, 3.05) is 24.3 Å². The largest absolute Gasteiger partial charge is 0.357 e. The molecule has 1 aromatic heterocycles. The number of aromatic nitrogens is 3. The molecule has 0 saturated heterocycles. The Morgan fingerprint density at radius 2 is 1.89 bits per heavy atom. The third-order valence-electron chi connectivity index (χ3n) is 2.50. The van der Waals surface area contributed by atoms with Crippen LogP contribution in [0.1, 0.15) is 5.56 Å². The lowest BCUT2D eigenvalue weighted by Gasteiger charge is -2.17. The zero-order valence-corrected chi connectivity index (χ0v) is 11.2. The Balaban J connectivity index is 2.35. The molecule has 0 unspecified atom stereocenters. The summed E-state index contributed by atoms with van der Waals surface area (Å²) < 4.78 is 0. The van der Waals surface area contributed by atoms with E-state index in [2.05, 4.69) is 26.3 Å². The Hall–Kier alpha value is -2.39. The first-order valence-electron chi connectivity index (χ1n) is 5.47. The lowest BCUT2D eigenvalue weighted by Crippen LogP contribution is -2.14. The molecule has 2 rings (SSSR count). The topological polar surface area (TPSA) is 77.7 Å². The van der Waals surface area contributed by atoms with E-state index in [1.54, 1.807) is 24.1 Å². The Morgan fingerprint density at radius 1 is 1.21 bits per heavy atom. The molecular weight excluding hydrogens is 264 g/mol. The Kier molecular flexibility index (Phi) is 3.78. The SMILES string of the molecule is CNc1nc(Cl)nc(N(C)c2ccc(C#N)cc2)n1. The molecule has 2 aromatic rings. The second-order valence-corrected chi connectivity index (χ2v) is 4.03. The average Bonchev–Trinajstić information content (AvgIpc) is 2.46. The lowest BCUT2D eigenvalue weighted by atomic mass is 10.2. The van der Waals surface area contributed by atoms with Gasteiger partial charge in [-0.1, -0.05) is 0 Å². The van der Waals surface area contributed by atoms with Crippen LogP contribution in [0.2, 0.25) is 5.28 Å². The van der Waals surface area contributed by atoms with E-state index in [0.717, 1.165) is 5.69 Å². The molecule has 6 nitrogen and oxygen atoms in total. The Labute approximate surface area is 115 Å². The molecule has 19 heavy (non-hydrogen) atoms. The van der Waals surface area contributed by atoms with Gasteiger partial charge in [-0.05, 0) is 35.9 Å². The van der Waals surface area contributed by atoms with Crippen LogP contribution in [0, 0.1) is 11.3 Å². The van der Waals surface area contributed by atoms with Crippen LogP contribution < -0.4 is 10.2 Å². The summed E-state index contributed by atoms with van der Waals surface area (Å²) in [4.78, 5) is 14.0. The zero-order chi connectivity index (χ0) is 13.8. The lowest BCUT2D eigenvalue weighted by molar-refractivity contribution is 0.987. The van der Waals surface area contributed by atoms with Crippen LogP contribution in [0.25, 0.3) is 0 Å². The molecule has 0 spiro atoms. The normalized spacial score (nSPS) is 9.79. The van der Waals surface area contributed by atoms with Gasteiger partial charge in [0.2, 0.25) is 17.2 Å². The maximum Gasteiger partial charge on any atom is 0.235 e. The number of benzene rings is 1. The predicted molar refractivity (Wildman–Crippen MR) is 73.6 cm³/mol. The van der Waals surface area contributed by atoms with E-state index in [1.807, 2.05) is 19.2 Å². The summed E-state index contributed by atoms with van der Waals surface area (Å²) in [6.07, 6.45) is 0. The van der Waals surface area contributed by atoms with Crippen molar-refractivity contribution in [1.82, 2.24) is 15.0 Å². The number of halogens is 1. The third-order valence-corrected chi connectivity index (χ3v) is 2.67. The van der Waals surface area contributed by atoms with E-state index >= 15 is 0 Å². The molecule has 0 amide bonds. The molecule has 0 saturated carbocycles. The number of hydrogen-bond donors (Lipinski definition) is 1. The van der Waals surface area contributed by atoms with E-state index in [4.69, 9.17) is 16.9 Å². The van der Waals surface area contributed by atoms with Crippen molar-refractivity contribution in [3.8, 4) is 6.07 Å². The van der Waals surface area contributed by atoms with Crippen molar-refractivity contribution in [2.45, 2.75) is 0 Å². The first-order chi connectivity index (χ1) is 9.13. The van der Waals surface area contributed by atoms with Gasteiger partial charge in [-0.2, -0.15) is 20.2 Å². The standard InChI is InChI=1S/C12H11ClN6/c1-15-11-16-10(13)17-12(18-11)19(2)9-5-3-8(7-14)4-6-9/h3-6H,1-2H3,(H,15,16,17,18). The number of rotatable bonds is 3. The second-order valence-electron chi connectivity index (χ2n) is 3.70. The molecule has 0 aliphatic carbocycles. The Morgan fingerprint density at radius 3 is 2.47 bits per heavy atom. The van der Waals surface area contributed by atoms with E-state index in [1.165, 1.54) is 0 Å². The Bertz CT molecular complexity index is 619. The van der Waals surface area contributed by atoms with E-state index in [9.17, 15) is 0 Å². The smallest absolute Gasteiger partial charge is 0.235 e. The summed E-state index contributed by atoms with van der Waals surface area (Å²) in [5.74, 6) is 0.824. The molecule has 96 valence electrons. The van der Waals surface area contributed by atoms with Crippen LogP contribution in [0.5, 0.6) is 0 Å². The van der Waals surface area contributed by atoms with Crippen molar-refractivity contribution < 1.29 is 0 Å². The summed E-state index contributed by atoms with van der Waals surface area (Å²) in [6.45, 7) is 0. The second kappa shape index (κ2) is 5.50. The van der Waals surface area contributed by atoms with E-state index in [-0.39, 0.29) is 5.28 Å². The van der Waals surface area contributed by atoms with Crippen LogP contribution in [0.3, 0.4) is 0 Å². The molecule has 0 atom stereocenters. The van der Waals surface area contributed by atoms with Crippen molar-refractivity contribution in [3.63, 3.8) is 0 Å². The van der Waals surface area contributed by atoms with Crippen LogP contribution >= 0.6 is 11.6 Å². The maximum absolute atomic E-state index is 8.77. The summed E-state index contributed by atoms with van der Waals surface area (Å²) >= 11 is 5.84. The molecule has 0 aliphatic rings. The molecule has 0 bridgehead atoms. The molecule has 1 N–H and O–H groups in total. The number of hydrogen-bond acceptors (Lipinski definition) is 6. The summed E-state index contributed by atoms with van der Waals surface area (Å²) in [5.41, 5.74) is 1.45. The van der Waals surface area contributed by atoms with Gasteiger partial charge < -0.3 is 10.2 Å². The van der Waals surface area contributed by atoms with Gasteiger partial charge in [-0.3, -0.25) is 0 Å². The van der Waals surface area contributed by atoms with Crippen LogP contribution in [0.15, 0.2) is 24.3 Å². The summed E-state index contributed by atoms with van der Waals surface area (Å²) in [5, 5.41) is 11.7. The molecule has 0 aliphatic heterocycles. The van der Waals surface area contributed by atoms with E-state index < -0.39 is 0 Å². The number of nitriles is 1. The average molecular weight is 275 g/mol. The van der Waals surface area contributed by atoms with Gasteiger partial charge >= 0.3 is 0 Å².